The second-order valence-electron chi connectivity index (χ2n) is 4.69. The highest BCUT2D eigenvalue weighted by Crippen LogP contribution is 2.34. The Morgan fingerprint density at radius 1 is 1.67 bits per heavy atom. The molecule has 1 aliphatic rings. The number of aromatic nitrogens is 1. The van der Waals surface area contributed by atoms with Gasteiger partial charge in [0.2, 0.25) is 0 Å². The average Bonchev–Trinajstić information content (AvgIpc) is 2.66. The molecule has 1 atom stereocenters. The first kappa shape index (κ1) is 11.4. The fourth-order valence-electron chi connectivity index (χ4n) is 2.07. The Bertz CT molecular complexity index is 348. The lowest BCUT2D eigenvalue weighted by Crippen LogP contribution is -2.42. The molecule has 84 valence electrons. The van der Waals surface area contributed by atoms with Crippen molar-refractivity contribution in [2.45, 2.75) is 44.7 Å². The van der Waals surface area contributed by atoms with Crippen molar-refractivity contribution in [1.29, 1.82) is 0 Å². The molecule has 0 N–H and O–H groups in total. The summed E-state index contributed by atoms with van der Waals surface area (Å²) in [5.41, 5.74) is 1.27. The van der Waals surface area contributed by atoms with Gasteiger partial charge in [0.25, 0.3) is 0 Å². The van der Waals surface area contributed by atoms with Crippen LogP contribution < -0.4 is 0 Å². The first-order valence-corrected chi connectivity index (χ1v) is 6.62. The van der Waals surface area contributed by atoms with Gasteiger partial charge >= 0.3 is 0 Å². The maximum Gasteiger partial charge on any atom is 0.0897 e. The molecule has 1 saturated heterocycles. The van der Waals surface area contributed by atoms with Gasteiger partial charge in [-0.2, -0.15) is 0 Å². The topological polar surface area (TPSA) is 16.1 Å². The zero-order valence-electron chi connectivity index (χ0n) is 9.46. The van der Waals surface area contributed by atoms with E-state index in [-0.39, 0.29) is 10.9 Å². The average molecular weight is 245 g/mol. The Morgan fingerprint density at radius 2 is 2.40 bits per heavy atom. The van der Waals surface area contributed by atoms with Crippen molar-refractivity contribution in [3.05, 3.63) is 16.1 Å². The summed E-state index contributed by atoms with van der Waals surface area (Å²) in [5, 5.41) is 3.55. The van der Waals surface area contributed by atoms with Crippen LogP contribution in [-0.4, -0.2) is 27.3 Å². The van der Waals surface area contributed by atoms with Gasteiger partial charge in [0, 0.05) is 24.0 Å². The fourth-order valence-corrected chi connectivity index (χ4v) is 2.91. The Balaban J connectivity index is 2.07. The molecule has 1 unspecified atom stereocenters. The van der Waals surface area contributed by atoms with E-state index in [2.05, 4.69) is 29.1 Å². The lowest BCUT2D eigenvalue weighted by atomic mass is 10.0. The molecule has 1 aliphatic heterocycles. The predicted molar refractivity (Wildman–Crippen MR) is 65.6 cm³/mol. The molecule has 1 aromatic rings. The molecule has 0 saturated carbocycles. The van der Waals surface area contributed by atoms with Gasteiger partial charge in [-0.1, -0.05) is 0 Å². The molecule has 0 radical (unpaired) electrons. The lowest BCUT2D eigenvalue weighted by molar-refractivity contribution is 0.167. The van der Waals surface area contributed by atoms with E-state index in [9.17, 15) is 0 Å². The molecule has 1 fully saturated rings. The molecule has 0 amide bonds. The Labute approximate surface area is 100 Å². The SMILES string of the molecule is Cc1nc(CN2CCC(Cl)C2(C)C)cs1. The van der Waals surface area contributed by atoms with Crippen molar-refractivity contribution in [2.75, 3.05) is 6.54 Å². The summed E-state index contributed by atoms with van der Waals surface area (Å²) < 4.78 is 0. The van der Waals surface area contributed by atoms with Crippen LogP contribution in [0.25, 0.3) is 0 Å². The molecule has 2 rings (SSSR count). The monoisotopic (exact) mass is 244 g/mol. The molecule has 0 aliphatic carbocycles. The van der Waals surface area contributed by atoms with Crippen LogP contribution in [0.4, 0.5) is 0 Å². The van der Waals surface area contributed by atoms with Crippen LogP contribution in [0.5, 0.6) is 0 Å². The highest BCUT2D eigenvalue weighted by atomic mass is 35.5. The second kappa shape index (κ2) is 4.04. The maximum absolute atomic E-state index is 6.31. The van der Waals surface area contributed by atoms with Crippen LogP contribution in [0, 0.1) is 6.92 Å². The first-order chi connectivity index (χ1) is 7.00. The number of nitrogens with zero attached hydrogens (tertiary/aromatic N) is 2. The van der Waals surface area contributed by atoms with E-state index in [1.54, 1.807) is 11.3 Å². The summed E-state index contributed by atoms with van der Waals surface area (Å²) in [6.07, 6.45) is 1.08. The van der Waals surface area contributed by atoms with Gasteiger partial charge in [-0.3, -0.25) is 4.90 Å². The molecule has 0 bridgehead atoms. The summed E-state index contributed by atoms with van der Waals surface area (Å²) in [5.74, 6) is 0. The second-order valence-corrected chi connectivity index (χ2v) is 6.28. The summed E-state index contributed by atoms with van der Waals surface area (Å²) >= 11 is 8.03. The quantitative estimate of drug-likeness (QED) is 0.744. The number of aryl methyl sites for hydroxylation is 1. The van der Waals surface area contributed by atoms with Gasteiger partial charge in [0.05, 0.1) is 16.1 Å². The van der Waals surface area contributed by atoms with Crippen LogP contribution in [0.2, 0.25) is 0 Å². The van der Waals surface area contributed by atoms with Crippen LogP contribution in [-0.2, 0) is 6.54 Å². The van der Waals surface area contributed by atoms with Gasteiger partial charge in [0.1, 0.15) is 0 Å². The zero-order valence-corrected chi connectivity index (χ0v) is 11.0. The molecule has 15 heavy (non-hydrogen) atoms. The summed E-state index contributed by atoms with van der Waals surface area (Å²) in [7, 11) is 0. The molecule has 4 heteroatoms. The molecule has 0 spiro atoms. The third kappa shape index (κ3) is 2.19. The van der Waals surface area contributed by atoms with Crippen molar-refractivity contribution in [1.82, 2.24) is 9.88 Å². The highest BCUT2D eigenvalue weighted by Gasteiger charge is 2.39. The van der Waals surface area contributed by atoms with E-state index >= 15 is 0 Å². The summed E-state index contributed by atoms with van der Waals surface area (Å²) in [4.78, 5) is 6.93. The minimum absolute atomic E-state index is 0.0963. The van der Waals surface area contributed by atoms with E-state index in [1.165, 1.54) is 5.69 Å². The summed E-state index contributed by atoms with van der Waals surface area (Å²) in [6, 6.07) is 0. The molecule has 2 heterocycles. The number of likely N-dealkylation sites (tertiary alicyclic amines) is 1. The Morgan fingerprint density at radius 3 is 2.87 bits per heavy atom. The van der Waals surface area contributed by atoms with Crippen molar-refractivity contribution >= 4 is 22.9 Å². The number of alkyl halides is 1. The van der Waals surface area contributed by atoms with Crippen LogP contribution >= 0.6 is 22.9 Å². The van der Waals surface area contributed by atoms with Gasteiger partial charge in [-0.25, -0.2) is 4.98 Å². The molecular weight excluding hydrogens is 228 g/mol. The van der Waals surface area contributed by atoms with Crippen LogP contribution in [0.15, 0.2) is 5.38 Å². The van der Waals surface area contributed by atoms with E-state index in [1.807, 2.05) is 6.92 Å². The predicted octanol–water partition coefficient (Wildman–Crippen LogP) is 3.04. The van der Waals surface area contributed by atoms with E-state index in [0.29, 0.717) is 0 Å². The van der Waals surface area contributed by atoms with Crippen LogP contribution in [0.1, 0.15) is 31.0 Å². The summed E-state index contributed by atoms with van der Waals surface area (Å²) in [6.45, 7) is 8.50. The molecule has 0 aromatic carbocycles. The highest BCUT2D eigenvalue weighted by molar-refractivity contribution is 7.09. The van der Waals surface area contributed by atoms with Gasteiger partial charge in [-0.05, 0) is 27.2 Å². The van der Waals surface area contributed by atoms with Crippen molar-refractivity contribution < 1.29 is 0 Å². The van der Waals surface area contributed by atoms with Crippen molar-refractivity contribution in [3.8, 4) is 0 Å². The number of hydrogen-bond acceptors (Lipinski definition) is 3. The van der Waals surface area contributed by atoms with E-state index in [0.717, 1.165) is 24.5 Å². The minimum atomic E-state index is 0.0963. The smallest absolute Gasteiger partial charge is 0.0897 e. The minimum Gasteiger partial charge on any atom is -0.291 e. The standard InChI is InChI=1S/C11H17ClN2S/c1-8-13-9(7-15-8)6-14-5-4-10(12)11(14,2)3/h7,10H,4-6H2,1-3H3. The molecule has 1 aromatic heterocycles. The molecular formula is C11H17ClN2S. The van der Waals surface area contributed by atoms with Crippen molar-refractivity contribution in [3.63, 3.8) is 0 Å². The number of hydrogen-bond donors (Lipinski definition) is 0. The third-order valence-electron chi connectivity index (χ3n) is 3.25. The first-order valence-electron chi connectivity index (χ1n) is 5.30. The Kier molecular flexibility index (Phi) is 3.06. The zero-order chi connectivity index (χ0) is 11.1. The number of thiazole rings is 1. The van der Waals surface area contributed by atoms with Gasteiger partial charge in [0.15, 0.2) is 0 Å². The number of rotatable bonds is 2. The van der Waals surface area contributed by atoms with Crippen molar-refractivity contribution in [2.24, 2.45) is 0 Å². The Hall–Kier alpha value is -0.120. The molecule has 2 nitrogen and oxygen atoms in total. The maximum atomic E-state index is 6.31. The largest absolute Gasteiger partial charge is 0.291 e. The van der Waals surface area contributed by atoms with E-state index in [4.69, 9.17) is 11.6 Å². The van der Waals surface area contributed by atoms with Gasteiger partial charge < -0.3 is 0 Å². The number of halogens is 1. The fraction of sp³-hybridized carbons (Fsp3) is 0.727. The van der Waals surface area contributed by atoms with Crippen LogP contribution in [0.3, 0.4) is 0 Å². The normalized spacial score (nSPS) is 26.0. The lowest BCUT2D eigenvalue weighted by Gasteiger charge is -2.33. The van der Waals surface area contributed by atoms with E-state index < -0.39 is 0 Å². The van der Waals surface area contributed by atoms with Gasteiger partial charge in [-0.15, -0.1) is 22.9 Å². The third-order valence-corrected chi connectivity index (χ3v) is 4.83.